The maximum absolute atomic E-state index is 12.2. The Bertz CT molecular complexity index is 719. The second-order valence-electron chi connectivity index (χ2n) is 6.03. The first kappa shape index (κ1) is 17.3. The quantitative estimate of drug-likeness (QED) is 0.749. The van der Waals surface area contributed by atoms with Gasteiger partial charge >= 0.3 is 12.2 Å². The van der Waals surface area contributed by atoms with E-state index in [0.29, 0.717) is 25.4 Å². The van der Waals surface area contributed by atoms with Gasteiger partial charge in [-0.2, -0.15) is 23.4 Å². The van der Waals surface area contributed by atoms with E-state index in [0.717, 1.165) is 10.9 Å². The molecule has 0 saturated heterocycles. The topological polar surface area (TPSA) is 76.8 Å². The molecule has 0 unspecified atom stereocenters. The van der Waals surface area contributed by atoms with Crippen molar-refractivity contribution in [3.05, 3.63) is 30.4 Å². The number of anilines is 1. The summed E-state index contributed by atoms with van der Waals surface area (Å²) in [7, 11) is 0. The highest BCUT2D eigenvalue weighted by atomic mass is 19.4. The fraction of sp³-hybridized carbons (Fsp3) is 0.533. The van der Waals surface area contributed by atoms with Gasteiger partial charge in [0.25, 0.3) is 0 Å². The molecule has 3 rings (SSSR count). The molecular formula is C15H19F3N6O. The summed E-state index contributed by atoms with van der Waals surface area (Å²) < 4.78 is 39.4. The molecule has 2 heterocycles. The summed E-state index contributed by atoms with van der Waals surface area (Å²) in [5.41, 5.74) is 1.45. The van der Waals surface area contributed by atoms with Crippen molar-refractivity contribution in [3.8, 4) is 0 Å². The maximum Gasteiger partial charge on any atom is 0.408 e. The average molecular weight is 356 g/mol. The number of urea groups is 1. The Kier molecular flexibility index (Phi) is 4.95. The standard InChI is InChI=1S/C15H19F3N6O/c16-15(17,18)10-23-9-12(8-21-23)22-14(25)19-5-1-7-24-13(4-6-20-24)11-2-3-11/h4,6,8-9,11H,1-3,5,7,10H2,(H2,19,22,25). The predicted octanol–water partition coefficient (Wildman–Crippen LogP) is 2.73. The smallest absolute Gasteiger partial charge is 0.338 e. The lowest BCUT2D eigenvalue weighted by atomic mass is 10.3. The van der Waals surface area contributed by atoms with Crippen LogP contribution in [0.5, 0.6) is 0 Å². The van der Waals surface area contributed by atoms with Gasteiger partial charge < -0.3 is 10.6 Å². The SMILES string of the molecule is O=C(NCCCn1nccc1C1CC1)Nc1cnn(CC(F)(F)F)c1. The number of nitrogens with one attached hydrogen (secondary N) is 2. The number of carbonyl (C=O) groups is 1. The molecule has 25 heavy (non-hydrogen) atoms. The minimum atomic E-state index is -4.35. The first-order valence-electron chi connectivity index (χ1n) is 8.06. The molecule has 2 N–H and O–H groups in total. The number of rotatable bonds is 7. The summed E-state index contributed by atoms with van der Waals surface area (Å²) in [4.78, 5) is 11.7. The van der Waals surface area contributed by atoms with Crippen LogP contribution >= 0.6 is 0 Å². The second kappa shape index (κ2) is 7.16. The number of carbonyl (C=O) groups excluding carboxylic acids is 1. The van der Waals surface area contributed by atoms with E-state index >= 15 is 0 Å². The minimum Gasteiger partial charge on any atom is -0.338 e. The first-order chi connectivity index (χ1) is 11.9. The molecule has 136 valence electrons. The Morgan fingerprint density at radius 2 is 2.12 bits per heavy atom. The molecule has 1 saturated carbocycles. The van der Waals surface area contributed by atoms with Crippen molar-refractivity contribution in [1.82, 2.24) is 24.9 Å². The highest BCUT2D eigenvalue weighted by Crippen LogP contribution is 2.39. The summed E-state index contributed by atoms with van der Waals surface area (Å²) in [5, 5.41) is 13.0. The molecule has 10 heteroatoms. The first-order valence-corrected chi connectivity index (χ1v) is 8.06. The van der Waals surface area contributed by atoms with E-state index < -0.39 is 18.8 Å². The van der Waals surface area contributed by atoms with E-state index in [9.17, 15) is 18.0 Å². The molecule has 0 aromatic carbocycles. The molecular weight excluding hydrogens is 337 g/mol. The molecule has 0 bridgehead atoms. The lowest BCUT2D eigenvalue weighted by Crippen LogP contribution is -2.30. The van der Waals surface area contributed by atoms with Crippen LogP contribution in [0.15, 0.2) is 24.7 Å². The molecule has 1 aliphatic rings. The fourth-order valence-electron chi connectivity index (χ4n) is 2.56. The van der Waals surface area contributed by atoms with E-state index in [2.05, 4.69) is 20.8 Å². The number of aromatic nitrogens is 4. The lowest BCUT2D eigenvalue weighted by Gasteiger charge is -2.08. The van der Waals surface area contributed by atoms with Crippen LogP contribution in [0.4, 0.5) is 23.7 Å². The molecule has 1 fully saturated rings. The van der Waals surface area contributed by atoms with E-state index in [4.69, 9.17) is 0 Å². The highest BCUT2D eigenvalue weighted by molar-refractivity contribution is 5.88. The maximum atomic E-state index is 12.2. The lowest BCUT2D eigenvalue weighted by molar-refractivity contribution is -0.142. The van der Waals surface area contributed by atoms with Gasteiger partial charge in [-0.3, -0.25) is 9.36 Å². The molecule has 0 radical (unpaired) electrons. The van der Waals surface area contributed by atoms with Crippen LogP contribution in [-0.4, -0.2) is 38.3 Å². The van der Waals surface area contributed by atoms with Crippen LogP contribution < -0.4 is 10.6 Å². The Morgan fingerprint density at radius 3 is 2.84 bits per heavy atom. The monoisotopic (exact) mass is 356 g/mol. The zero-order chi connectivity index (χ0) is 17.9. The molecule has 0 atom stereocenters. The molecule has 0 aliphatic heterocycles. The number of nitrogens with zero attached hydrogens (tertiary/aromatic N) is 4. The zero-order valence-electron chi connectivity index (χ0n) is 13.5. The van der Waals surface area contributed by atoms with Gasteiger partial charge in [0.15, 0.2) is 0 Å². The summed E-state index contributed by atoms with van der Waals surface area (Å²) in [6.07, 6.45) is 2.87. The zero-order valence-corrected chi connectivity index (χ0v) is 13.5. The van der Waals surface area contributed by atoms with Crippen LogP contribution in [0.3, 0.4) is 0 Å². The molecule has 0 spiro atoms. The van der Waals surface area contributed by atoms with Crippen molar-refractivity contribution in [2.75, 3.05) is 11.9 Å². The predicted molar refractivity (Wildman–Crippen MR) is 84.1 cm³/mol. The summed E-state index contributed by atoms with van der Waals surface area (Å²) >= 11 is 0. The number of amides is 2. The summed E-state index contributed by atoms with van der Waals surface area (Å²) in [6.45, 7) is -0.0430. The Labute approximate surface area is 142 Å². The average Bonchev–Trinajstić information content (AvgIpc) is 3.11. The summed E-state index contributed by atoms with van der Waals surface area (Å²) in [5.74, 6) is 0.618. The fourth-order valence-corrected chi connectivity index (χ4v) is 2.56. The molecule has 1 aliphatic carbocycles. The van der Waals surface area contributed by atoms with Crippen LogP contribution in [0.1, 0.15) is 30.9 Å². The minimum absolute atomic E-state index is 0.213. The highest BCUT2D eigenvalue weighted by Gasteiger charge is 2.28. The number of halogens is 3. The van der Waals surface area contributed by atoms with Crippen molar-refractivity contribution in [3.63, 3.8) is 0 Å². The van der Waals surface area contributed by atoms with Gasteiger partial charge in [-0.05, 0) is 25.3 Å². The Morgan fingerprint density at radius 1 is 1.32 bits per heavy atom. The molecule has 2 amide bonds. The van der Waals surface area contributed by atoms with Gasteiger partial charge in [-0.25, -0.2) is 4.79 Å². The van der Waals surface area contributed by atoms with E-state index in [1.807, 2.05) is 10.7 Å². The number of alkyl halides is 3. The third-order valence-electron chi connectivity index (χ3n) is 3.81. The van der Waals surface area contributed by atoms with Gasteiger partial charge in [0.2, 0.25) is 0 Å². The van der Waals surface area contributed by atoms with Crippen LogP contribution in [-0.2, 0) is 13.1 Å². The van der Waals surface area contributed by atoms with E-state index in [1.165, 1.54) is 24.7 Å². The Balaban J connectivity index is 1.37. The van der Waals surface area contributed by atoms with E-state index in [-0.39, 0.29) is 5.69 Å². The third-order valence-corrected chi connectivity index (χ3v) is 3.81. The number of hydrogen-bond donors (Lipinski definition) is 2. The molecule has 2 aromatic heterocycles. The van der Waals surface area contributed by atoms with Gasteiger partial charge in [-0.1, -0.05) is 0 Å². The van der Waals surface area contributed by atoms with Gasteiger partial charge in [0.1, 0.15) is 6.54 Å². The Hall–Kier alpha value is -2.52. The van der Waals surface area contributed by atoms with Gasteiger partial charge in [0.05, 0.1) is 11.9 Å². The summed E-state index contributed by atoms with van der Waals surface area (Å²) in [6, 6.07) is 1.55. The molecule has 7 nitrogen and oxygen atoms in total. The van der Waals surface area contributed by atoms with E-state index in [1.54, 1.807) is 6.20 Å². The van der Waals surface area contributed by atoms with Crippen LogP contribution in [0, 0.1) is 0 Å². The number of hydrogen-bond acceptors (Lipinski definition) is 3. The van der Waals surface area contributed by atoms with Crippen molar-refractivity contribution >= 4 is 11.7 Å². The van der Waals surface area contributed by atoms with Crippen LogP contribution in [0.25, 0.3) is 0 Å². The number of aryl methyl sites for hydroxylation is 1. The van der Waals surface area contributed by atoms with Gasteiger partial charge in [-0.15, -0.1) is 0 Å². The molecule has 2 aromatic rings. The second-order valence-corrected chi connectivity index (χ2v) is 6.03. The normalized spacial score (nSPS) is 14.5. The van der Waals surface area contributed by atoms with Crippen LogP contribution in [0.2, 0.25) is 0 Å². The van der Waals surface area contributed by atoms with Gasteiger partial charge in [0, 0.05) is 37.1 Å². The van der Waals surface area contributed by atoms with Crippen molar-refractivity contribution < 1.29 is 18.0 Å². The largest absolute Gasteiger partial charge is 0.408 e. The van der Waals surface area contributed by atoms with Crippen molar-refractivity contribution in [2.24, 2.45) is 0 Å². The van der Waals surface area contributed by atoms with Crippen molar-refractivity contribution in [2.45, 2.75) is 44.4 Å². The third kappa shape index (κ3) is 5.23. The van der Waals surface area contributed by atoms with Crippen molar-refractivity contribution in [1.29, 1.82) is 0 Å².